The van der Waals surface area contributed by atoms with Crippen LogP contribution >= 0.6 is 11.6 Å². The van der Waals surface area contributed by atoms with E-state index in [2.05, 4.69) is 23.7 Å². The Bertz CT molecular complexity index is 1140. The number of unbranched alkanes of at least 4 members (excludes halogenated alkanes) is 1. The molecule has 3 heterocycles. The quantitative estimate of drug-likeness (QED) is 0.351. The molecule has 5 atom stereocenters. The number of nitrogens with zero attached hydrogens (tertiary/aromatic N) is 3. The lowest BCUT2D eigenvalue weighted by Crippen LogP contribution is -2.44. The topological polar surface area (TPSA) is 84.4 Å². The third-order valence-corrected chi connectivity index (χ3v) is 8.19. The first-order valence-corrected chi connectivity index (χ1v) is 14.1. The second kappa shape index (κ2) is 13.0. The van der Waals surface area contributed by atoms with Crippen LogP contribution in [0.3, 0.4) is 0 Å². The molecule has 0 radical (unpaired) electrons. The summed E-state index contributed by atoms with van der Waals surface area (Å²) < 4.78 is 32.8. The van der Waals surface area contributed by atoms with Crippen molar-refractivity contribution in [2.24, 2.45) is 11.8 Å². The monoisotopic (exact) mass is 563 g/mol. The van der Waals surface area contributed by atoms with Crippen molar-refractivity contribution in [2.45, 2.75) is 64.7 Å². The average Bonchev–Trinajstić information content (AvgIpc) is 3.21. The van der Waals surface area contributed by atoms with E-state index in [1.165, 1.54) is 6.07 Å². The van der Waals surface area contributed by atoms with Crippen LogP contribution in [0.5, 0.6) is 11.6 Å². The Morgan fingerprint density at radius 1 is 1.23 bits per heavy atom. The molecule has 4 rings (SSSR count). The summed E-state index contributed by atoms with van der Waals surface area (Å²) in [5.74, 6) is -0.505. The number of carbonyl (C=O) groups is 1. The molecule has 214 valence electrons. The summed E-state index contributed by atoms with van der Waals surface area (Å²) in [6, 6.07) is 6.47. The summed E-state index contributed by atoms with van der Waals surface area (Å²) in [6.07, 6.45) is 3.98. The molecule has 2 aliphatic heterocycles. The number of ether oxygens (including phenoxy) is 3. The van der Waals surface area contributed by atoms with Gasteiger partial charge in [0.2, 0.25) is 5.88 Å². The van der Waals surface area contributed by atoms with Crippen LogP contribution in [-0.4, -0.2) is 67.7 Å². The first-order chi connectivity index (χ1) is 18.7. The van der Waals surface area contributed by atoms with Gasteiger partial charge in [-0.25, -0.2) is 9.37 Å². The van der Waals surface area contributed by atoms with Crippen LogP contribution in [0.15, 0.2) is 30.5 Å². The van der Waals surface area contributed by atoms with Crippen molar-refractivity contribution >= 4 is 28.9 Å². The van der Waals surface area contributed by atoms with Crippen LogP contribution in [0.25, 0.3) is 0 Å². The van der Waals surface area contributed by atoms with Crippen molar-refractivity contribution < 1.29 is 28.5 Å². The molecule has 0 spiro atoms. The van der Waals surface area contributed by atoms with Gasteiger partial charge in [0, 0.05) is 68.4 Å². The third kappa shape index (κ3) is 6.87. The number of carboxylic acid groups (broad SMARTS) is 1. The molecule has 1 N–H and O–H groups in total. The summed E-state index contributed by atoms with van der Waals surface area (Å²) in [4.78, 5) is 19.9. The number of anilines is 2. The van der Waals surface area contributed by atoms with E-state index in [4.69, 9.17) is 25.8 Å². The van der Waals surface area contributed by atoms with Gasteiger partial charge < -0.3 is 29.1 Å². The zero-order valence-corrected chi connectivity index (χ0v) is 23.9. The van der Waals surface area contributed by atoms with E-state index in [0.717, 1.165) is 18.5 Å². The number of methoxy groups -OCH3 is 1. The highest BCUT2D eigenvalue weighted by atomic mass is 35.5. The van der Waals surface area contributed by atoms with Crippen molar-refractivity contribution in [3.8, 4) is 11.6 Å². The summed E-state index contributed by atoms with van der Waals surface area (Å²) in [6.45, 7) is 8.75. The lowest BCUT2D eigenvalue weighted by Gasteiger charge is -2.38. The first kappa shape index (κ1) is 29.2. The zero-order valence-electron chi connectivity index (χ0n) is 23.1. The summed E-state index contributed by atoms with van der Waals surface area (Å²) in [5, 5.41) is 10.1. The largest absolute Gasteiger partial charge is 0.487 e. The maximum Gasteiger partial charge on any atom is 0.305 e. The molecule has 0 aliphatic carbocycles. The lowest BCUT2D eigenvalue weighted by atomic mass is 9.96. The summed E-state index contributed by atoms with van der Waals surface area (Å²) in [7, 11) is 1.57. The maximum absolute atomic E-state index is 15.3. The van der Waals surface area contributed by atoms with Gasteiger partial charge in [-0.3, -0.25) is 4.79 Å². The van der Waals surface area contributed by atoms with E-state index in [0.29, 0.717) is 49.3 Å². The lowest BCUT2D eigenvalue weighted by molar-refractivity contribution is -0.137. The van der Waals surface area contributed by atoms with Gasteiger partial charge in [0.25, 0.3) is 0 Å². The van der Waals surface area contributed by atoms with E-state index in [1.807, 2.05) is 24.0 Å². The number of aliphatic carboxylic acids is 1. The molecule has 2 saturated heterocycles. The number of benzene rings is 1. The highest BCUT2D eigenvalue weighted by molar-refractivity contribution is 6.33. The van der Waals surface area contributed by atoms with Crippen LogP contribution in [0.1, 0.15) is 46.5 Å². The molecule has 2 fully saturated rings. The Morgan fingerprint density at radius 3 is 2.69 bits per heavy atom. The highest BCUT2D eigenvalue weighted by Gasteiger charge is 2.41. The van der Waals surface area contributed by atoms with E-state index in [-0.39, 0.29) is 42.3 Å². The second-order valence-corrected chi connectivity index (χ2v) is 11.0. The van der Waals surface area contributed by atoms with E-state index < -0.39 is 11.8 Å². The van der Waals surface area contributed by atoms with Gasteiger partial charge in [0.1, 0.15) is 6.10 Å². The van der Waals surface area contributed by atoms with Gasteiger partial charge in [-0.15, -0.1) is 0 Å². The number of hydrogen-bond donors (Lipinski definition) is 1. The Morgan fingerprint density at radius 2 is 2.03 bits per heavy atom. The van der Waals surface area contributed by atoms with Gasteiger partial charge in [-0.2, -0.15) is 0 Å². The van der Waals surface area contributed by atoms with Gasteiger partial charge >= 0.3 is 5.97 Å². The number of rotatable bonds is 11. The standard InChI is InChI=1S/C29H39ClFN3O5/c1-5-6-11-38-27-17-34(23(19(27)3)14-29(35)36)20-7-8-26(22(31)12-20)39-25-9-10-33(16-18(25)2)24-13-28(37-4)32-15-21(24)30/h7-8,12-13,15,18-19,23,25,27H,5-6,9-11,14,16-17H2,1-4H3,(H,35,36)/t18?,19-,23-,25?,27-/m0/s1. The van der Waals surface area contributed by atoms with Crippen molar-refractivity contribution in [3.05, 3.63) is 41.3 Å². The number of hydrogen-bond acceptors (Lipinski definition) is 7. The van der Waals surface area contributed by atoms with Gasteiger partial charge in [-0.05, 0) is 18.6 Å². The fourth-order valence-electron chi connectivity index (χ4n) is 5.59. The zero-order chi connectivity index (χ0) is 28.1. The van der Waals surface area contributed by atoms with Crippen molar-refractivity contribution in [2.75, 3.05) is 43.2 Å². The Kier molecular flexibility index (Phi) is 9.77. The number of carboxylic acids is 1. The summed E-state index contributed by atoms with van der Waals surface area (Å²) >= 11 is 6.39. The molecule has 2 aromatic rings. The first-order valence-electron chi connectivity index (χ1n) is 13.7. The van der Waals surface area contributed by atoms with Gasteiger partial charge in [0.15, 0.2) is 11.6 Å². The van der Waals surface area contributed by atoms with Crippen molar-refractivity contribution in [1.82, 2.24) is 4.98 Å². The molecular formula is C29H39ClFN3O5. The molecule has 8 nitrogen and oxygen atoms in total. The van der Waals surface area contributed by atoms with Crippen LogP contribution < -0.4 is 19.3 Å². The van der Waals surface area contributed by atoms with Gasteiger partial charge in [-0.1, -0.05) is 38.8 Å². The fourth-order valence-corrected chi connectivity index (χ4v) is 5.81. The Labute approximate surface area is 235 Å². The second-order valence-electron chi connectivity index (χ2n) is 10.6. The fraction of sp³-hybridized carbons (Fsp3) is 0.586. The molecule has 39 heavy (non-hydrogen) atoms. The van der Waals surface area contributed by atoms with Crippen LogP contribution in [0.4, 0.5) is 15.8 Å². The van der Waals surface area contributed by atoms with E-state index >= 15 is 4.39 Å². The number of halogens is 2. The van der Waals surface area contributed by atoms with Crippen LogP contribution in [-0.2, 0) is 9.53 Å². The number of piperidine rings is 1. The molecular weight excluding hydrogens is 525 g/mol. The van der Waals surface area contributed by atoms with Crippen molar-refractivity contribution in [3.63, 3.8) is 0 Å². The molecule has 0 bridgehead atoms. The minimum absolute atomic E-state index is 0.0110. The average molecular weight is 564 g/mol. The van der Waals surface area contributed by atoms with Crippen LogP contribution in [0.2, 0.25) is 5.02 Å². The predicted molar refractivity (Wildman–Crippen MR) is 150 cm³/mol. The molecule has 0 saturated carbocycles. The number of aromatic nitrogens is 1. The molecule has 2 unspecified atom stereocenters. The maximum atomic E-state index is 15.3. The highest BCUT2D eigenvalue weighted by Crippen LogP contribution is 2.37. The molecule has 2 aliphatic rings. The minimum atomic E-state index is -0.877. The Hall–Kier alpha value is -2.78. The van der Waals surface area contributed by atoms with Gasteiger partial charge in [0.05, 0.1) is 36.5 Å². The third-order valence-electron chi connectivity index (χ3n) is 7.90. The smallest absolute Gasteiger partial charge is 0.305 e. The van der Waals surface area contributed by atoms with Crippen molar-refractivity contribution in [1.29, 1.82) is 0 Å². The SMILES string of the molecule is CCCCO[C@H]1CN(c2ccc(OC3CCN(c4cc(OC)ncc4Cl)CC3C)c(F)c2)[C@@H](CC(=O)O)[C@@H]1C. The normalized spacial score (nSPS) is 25.1. The van der Waals surface area contributed by atoms with E-state index in [1.54, 1.807) is 19.4 Å². The molecule has 0 amide bonds. The Balaban J connectivity index is 1.43. The summed E-state index contributed by atoms with van der Waals surface area (Å²) in [5.41, 5.74) is 1.50. The molecule has 1 aromatic heterocycles. The number of pyridine rings is 1. The minimum Gasteiger partial charge on any atom is -0.487 e. The molecule has 10 heteroatoms. The van der Waals surface area contributed by atoms with Crippen LogP contribution in [0, 0.1) is 17.7 Å². The molecule has 1 aromatic carbocycles. The predicted octanol–water partition coefficient (Wildman–Crippen LogP) is 5.66. The van der Waals surface area contributed by atoms with E-state index in [9.17, 15) is 9.90 Å².